The van der Waals surface area contributed by atoms with Gasteiger partial charge in [0.15, 0.2) is 0 Å². The molecule has 0 spiro atoms. The Hall–Kier alpha value is -1.82. The molecule has 2 aromatic heterocycles. The zero-order valence-corrected chi connectivity index (χ0v) is 13.8. The van der Waals surface area contributed by atoms with Crippen LogP contribution in [-0.4, -0.2) is 33.5 Å². The Morgan fingerprint density at radius 3 is 2.76 bits per heavy atom. The number of hydrogen-bond acceptors (Lipinski definition) is 4. The van der Waals surface area contributed by atoms with Crippen molar-refractivity contribution in [3.63, 3.8) is 0 Å². The van der Waals surface area contributed by atoms with E-state index >= 15 is 0 Å². The van der Waals surface area contributed by atoms with Crippen LogP contribution in [-0.2, 0) is 0 Å². The van der Waals surface area contributed by atoms with Crippen LogP contribution in [0.1, 0.15) is 0 Å². The zero-order valence-electron chi connectivity index (χ0n) is 10.5. The van der Waals surface area contributed by atoms with Gasteiger partial charge in [-0.1, -0.05) is 0 Å². The van der Waals surface area contributed by atoms with Gasteiger partial charge in [0.05, 0.1) is 0 Å². The average Bonchev–Trinajstić information content (AvgIpc) is 2.84. The van der Waals surface area contributed by atoms with E-state index in [2.05, 4.69) is 31.1 Å². The number of rotatable bonds is 1. The maximum absolute atomic E-state index is 12.4. The molecule has 0 fully saturated rings. The van der Waals surface area contributed by atoms with E-state index in [1.165, 1.54) is 0 Å². The third kappa shape index (κ3) is 2.14. The third-order valence-electron chi connectivity index (χ3n) is 3.08. The van der Waals surface area contributed by atoms with E-state index in [-0.39, 0.29) is 20.3 Å². The molecule has 4 aromatic rings. The van der Waals surface area contributed by atoms with Gasteiger partial charge in [-0.3, -0.25) is 0 Å². The van der Waals surface area contributed by atoms with E-state index < -0.39 is 0 Å². The van der Waals surface area contributed by atoms with Gasteiger partial charge < -0.3 is 0 Å². The van der Waals surface area contributed by atoms with Crippen LogP contribution in [0.25, 0.3) is 26.6 Å². The Kier molecular flexibility index (Phi) is 2.99. The van der Waals surface area contributed by atoms with Gasteiger partial charge in [-0.05, 0) is 0 Å². The molecule has 21 heavy (non-hydrogen) atoms. The minimum absolute atomic E-state index is 0.0520. The van der Waals surface area contributed by atoms with Crippen molar-refractivity contribution in [3.8, 4) is 5.95 Å². The molecule has 0 saturated heterocycles. The summed E-state index contributed by atoms with van der Waals surface area (Å²) in [5.41, 5.74) is 1.37. The molecule has 0 aliphatic rings. The number of aromatic nitrogens is 4. The molecule has 0 aliphatic carbocycles. The Balaban J connectivity index is 1.98. The Morgan fingerprint density at radius 1 is 1.05 bits per heavy atom. The van der Waals surface area contributed by atoms with Crippen LogP contribution in [0, 0.1) is 0 Å². The van der Waals surface area contributed by atoms with Crippen molar-refractivity contribution in [2.45, 2.75) is 0 Å². The molecule has 4 rings (SSSR count). The molecule has 0 N–H and O–H groups in total. The van der Waals surface area contributed by atoms with Crippen LogP contribution in [0.5, 0.6) is 0 Å². The van der Waals surface area contributed by atoms with Crippen LogP contribution in [0.3, 0.4) is 0 Å². The van der Waals surface area contributed by atoms with Gasteiger partial charge in [0.2, 0.25) is 0 Å². The van der Waals surface area contributed by atoms with E-state index in [1.807, 2.05) is 42.5 Å². The van der Waals surface area contributed by atoms with E-state index in [9.17, 15) is 4.79 Å². The van der Waals surface area contributed by atoms with Crippen LogP contribution < -0.4 is 5.56 Å². The molecule has 2 heterocycles. The topological polar surface area (TPSA) is 60.7 Å². The summed E-state index contributed by atoms with van der Waals surface area (Å²) >= 11 is 3.25. The number of halogens is 1. The van der Waals surface area contributed by atoms with Crippen molar-refractivity contribution >= 4 is 51.3 Å². The fourth-order valence-electron chi connectivity index (χ4n) is 2.09. The normalized spacial score (nSPS) is 11.3. The van der Waals surface area contributed by atoms with Crippen molar-refractivity contribution in [1.29, 1.82) is 0 Å². The molecular weight excluding hydrogens is 399 g/mol. The Labute approximate surface area is 133 Å². The second-order valence-electron chi connectivity index (χ2n) is 4.43. The van der Waals surface area contributed by atoms with E-state index in [4.69, 9.17) is 0 Å². The van der Waals surface area contributed by atoms with E-state index in [1.54, 1.807) is 3.56 Å². The number of nitrogens with zero attached hydrogens (tertiary/aromatic N) is 4. The van der Waals surface area contributed by atoms with Crippen LogP contribution in [0.4, 0.5) is 0 Å². The van der Waals surface area contributed by atoms with Gasteiger partial charge in [-0.15, -0.1) is 0 Å². The van der Waals surface area contributed by atoms with Gasteiger partial charge in [-0.25, -0.2) is 0 Å². The third-order valence-corrected chi connectivity index (χ3v) is 5.80. The molecule has 0 atom stereocenters. The summed E-state index contributed by atoms with van der Waals surface area (Å²) in [6.07, 6.45) is 0. The van der Waals surface area contributed by atoms with Crippen LogP contribution in [0.2, 0.25) is 0 Å². The minimum atomic E-state index is -0.140. The summed E-state index contributed by atoms with van der Waals surface area (Å²) in [7, 11) is 0. The number of benzene rings is 2. The van der Waals surface area contributed by atoms with Gasteiger partial charge >= 0.3 is 133 Å². The first kappa shape index (κ1) is 12.9. The average molecular weight is 406 g/mol. The fourth-order valence-corrected chi connectivity index (χ4v) is 4.39. The summed E-state index contributed by atoms with van der Waals surface area (Å²) in [6.45, 7) is 0. The zero-order chi connectivity index (χ0) is 14.4. The fraction of sp³-hybridized carbons (Fsp3) is 0. The first-order chi connectivity index (χ1) is 10.2. The monoisotopic (exact) mass is 406 g/mol. The van der Waals surface area contributed by atoms with Crippen molar-refractivity contribution < 1.29 is 0 Å². The molecule has 0 bridgehead atoms. The standard InChI is InChI=1S/C14H7BrN4OSe/c15-8-5-6-10-11(7-8)17-18-14(16-10)19-13(20)9-3-1-2-4-12(9)21-19/h1-7H. The summed E-state index contributed by atoms with van der Waals surface area (Å²) in [6, 6.07) is 13.2. The molecule has 0 amide bonds. The molecule has 0 saturated carbocycles. The summed E-state index contributed by atoms with van der Waals surface area (Å²) in [5.74, 6) is 0.367. The second-order valence-corrected chi connectivity index (χ2v) is 7.42. The predicted octanol–water partition coefficient (Wildman–Crippen LogP) is 2.15. The molecular formula is C14H7BrN4OSe. The molecule has 0 unspecified atom stereocenters. The van der Waals surface area contributed by atoms with Gasteiger partial charge in [0.1, 0.15) is 0 Å². The van der Waals surface area contributed by atoms with Crippen molar-refractivity contribution in [2.75, 3.05) is 0 Å². The van der Waals surface area contributed by atoms with Crippen molar-refractivity contribution in [2.24, 2.45) is 0 Å². The van der Waals surface area contributed by atoms with E-state index in [0.717, 1.165) is 19.6 Å². The summed E-state index contributed by atoms with van der Waals surface area (Å²) in [4.78, 5) is 16.9. The molecule has 0 aliphatic heterocycles. The molecule has 102 valence electrons. The van der Waals surface area contributed by atoms with E-state index in [0.29, 0.717) is 11.5 Å². The van der Waals surface area contributed by atoms with Crippen molar-refractivity contribution in [3.05, 3.63) is 57.3 Å². The summed E-state index contributed by atoms with van der Waals surface area (Å²) in [5, 5.41) is 8.99. The van der Waals surface area contributed by atoms with Crippen LogP contribution >= 0.6 is 15.9 Å². The number of hydrogen-bond donors (Lipinski definition) is 0. The predicted molar refractivity (Wildman–Crippen MR) is 85.1 cm³/mol. The molecule has 5 nitrogen and oxygen atoms in total. The Bertz CT molecular complexity index is 1040. The quantitative estimate of drug-likeness (QED) is 0.455. The first-order valence-corrected chi connectivity index (χ1v) is 8.55. The Morgan fingerprint density at radius 2 is 1.90 bits per heavy atom. The van der Waals surface area contributed by atoms with Gasteiger partial charge in [0.25, 0.3) is 0 Å². The summed E-state index contributed by atoms with van der Waals surface area (Å²) < 4.78 is 3.59. The van der Waals surface area contributed by atoms with Crippen molar-refractivity contribution in [1.82, 2.24) is 18.7 Å². The molecule has 2 aromatic carbocycles. The number of fused-ring (bicyclic) bond motifs is 2. The van der Waals surface area contributed by atoms with Gasteiger partial charge in [0, 0.05) is 0 Å². The maximum atomic E-state index is 12.4. The second kappa shape index (κ2) is 4.87. The molecule has 7 heteroatoms. The van der Waals surface area contributed by atoms with Crippen LogP contribution in [0.15, 0.2) is 51.7 Å². The molecule has 0 radical (unpaired) electrons. The van der Waals surface area contributed by atoms with Gasteiger partial charge in [-0.2, -0.15) is 0 Å². The SMILES string of the molecule is O=c1c2ccccc2[se]n1-c1nnc2cc(Br)ccc2n1. The first-order valence-electron chi connectivity index (χ1n) is 6.14.